The van der Waals surface area contributed by atoms with Gasteiger partial charge in [0, 0.05) is 6.54 Å². The number of nitrogens with zero attached hydrogens (tertiary/aromatic N) is 2. The van der Waals surface area contributed by atoms with E-state index >= 15 is 0 Å². The number of hydrogen-bond donors (Lipinski definition) is 3. The Morgan fingerprint density at radius 2 is 2.37 bits per heavy atom. The molecular formula is C13H22N4O2. The quantitative estimate of drug-likeness (QED) is 0.763. The summed E-state index contributed by atoms with van der Waals surface area (Å²) < 4.78 is 5.18. The molecule has 1 heterocycles. The molecule has 0 aliphatic heterocycles. The predicted octanol–water partition coefficient (Wildman–Crippen LogP) is 1.42. The van der Waals surface area contributed by atoms with Gasteiger partial charge < -0.3 is 20.9 Å². The standard InChI is InChI=1S/C13H22N4O2/c1-9-4-3-5-13(18,6-9)7-15-12-10(19-2)11(14)16-8-17-12/h8-9,18H,3-7H2,1-2H3,(H3,14,15,16,17). The molecule has 1 aromatic rings. The lowest BCUT2D eigenvalue weighted by atomic mass is 9.79. The zero-order valence-corrected chi connectivity index (χ0v) is 11.5. The van der Waals surface area contributed by atoms with Crippen LogP contribution in [0.4, 0.5) is 11.6 Å². The van der Waals surface area contributed by atoms with Gasteiger partial charge in [-0.1, -0.05) is 19.8 Å². The van der Waals surface area contributed by atoms with Crippen molar-refractivity contribution in [2.45, 2.75) is 38.2 Å². The average molecular weight is 266 g/mol. The van der Waals surface area contributed by atoms with Crippen LogP contribution < -0.4 is 15.8 Å². The molecule has 0 spiro atoms. The summed E-state index contributed by atoms with van der Waals surface area (Å²) >= 11 is 0. The summed E-state index contributed by atoms with van der Waals surface area (Å²) in [5.41, 5.74) is 5.04. The average Bonchev–Trinajstić information content (AvgIpc) is 2.36. The molecule has 1 fully saturated rings. The molecule has 1 aliphatic carbocycles. The Balaban J connectivity index is 2.04. The van der Waals surface area contributed by atoms with Gasteiger partial charge >= 0.3 is 0 Å². The smallest absolute Gasteiger partial charge is 0.203 e. The molecule has 0 aromatic carbocycles. The Bertz CT molecular complexity index is 441. The largest absolute Gasteiger partial charge is 0.490 e. The van der Waals surface area contributed by atoms with Crippen LogP contribution in [0.15, 0.2) is 6.33 Å². The van der Waals surface area contributed by atoms with Gasteiger partial charge in [-0.05, 0) is 18.8 Å². The zero-order chi connectivity index (χ0) is 13.9. The first kappa shape index (κ1) is 13.9. The Morgan fingerprint density at radius 3 is 3.05 bits per heavy atom. The number of methoxy groups -OCH3 is 1. The second kappa shape index (κ2) is 5.61. The highest BCUT2D eigenvalue weighted by Crippen LogP contribution is 2.33. The Morgan fingerprint density at radius 1 is 1.58 bits per heavy atom. The van der Waals surface area contributed by atoms with Crippen molar-refractivity contribution >= 4 is 11.6 Å². The van der Waals surface area contributed by atoms with Gasteiger partial charge in [-0.25, -0.2) is 9.97 Å². The highest BCUT2D eigenvalue weighted by Gasteiger charge is 2.32. The topological polar surface area (TPSA) is 93.3 Å². The summed E-state index contributed by atoms with van der Waals surface area (Å²) in [5, 5.41) is 13.7. The second-order valence-electron chi connectivity index (χ2n) is 5.42. The van der Waals surface area contributed by atoms with Gasteiger partial charge in [0.2, 0.25) is 5.75 Å². The van der Waals surface area contributed by atoms with Gasteiger partial charge in [-0.3, -0.25) is 0 Å². The van der Waals surface area contributed by atoms with Crippen LogP contribution >= 0.6 is 0 Å². The number of aromatic nitrogens is 2. The van der Waals surface area contributed by atoms with Crippen LogP contribution in [0.5, 0.6) is 5.75 Å². The monoisotopic (exact) mass is 266 g/mol. The number of nitrogens with two attached hydrogens (primary N) is 1. The van der Waals surface area contributed by atoms with E-state index in [0.29, 0.717) is 29.8 Å². The molecule has 2 unspecified atom stereocenters. The lowest BCUT2D eigenvalue weighted by Crippen LogP contribution is -2.41. The third kappa shape index (κ3) is 3.26. The van der Waals surface area contributed by atoms with Gasteiger partial charge in [0.05, 0.1) is 12.7 Å². The normalized spacial score (nSPS) is 27.0. The van der Waals surface area contributed by atoms with Gasteiger partial charge in [0.25, 0.3) is 0 Å². The van der Waals surface area contributed by atoms with Crippen LogP contribution in [-0.4, -0.2) is 34.3 Å². The third-order valence-corrected chi connectivity index (χ3v) is 3.69. The molecule has 0 radical (unpaired) electrons. The fraction of sp³-hybridized carbons (Fsp3) is 0.692. The minimum absolute atomic E-state index is 0.295. The Kier molecular flexibility index (Phi) is 4.09. The van der Waals surface area contributed by atoms with E-state index in [9.17, 15) is 5.11 Å². The number of aliphatic hydroxyl groups is 1. The SMILES string of the molecule is COc1c(N)ncnc1NCC1(O)CCCC(C)C1. The van der Waals surface area contributed by atoms with Crippen molar-refractivity contribution < 1.29 is 9.84 Å². The molecule has 6 nitrogen and oxygen atoms in total. The van der Waals surface area contributed by atoms with Gasteiger partial charge in [-0.15, -0.1) is 0 Å². The van der Waals surface area contributed by atoms with Crippen LogP contribution in [-0.2, 0) is 0 Å². The second-order valence-corrected chi connectivity index (χ2v) is 5.42. The zero-order valence-electron chi connectivity index (χ0n) is 11.5. The van der Waals surface area contributed by atoms with Crippen molar-refractivity contribution in [3.8, 4) is 5.75 Å². The van der Waals surface area contributed by atoms with Crippen LogP contribution in [0.1, 0.15) is 32.6 Å². The van der Waals surface area contributed by atoms with E-state index in [0.717, 1.165) is 19.3 Å². The summed E-state index contributed by atoms with van der Waals surface area (Å²) in [5.74, 6) is 1.80. The third-order valence-electron chi connectivity index (χ3n) is 3.69. The van der Waals surface area contributed by atoms with Crippen LogP contribution in [0.2, 0.25) is 0 Å². The molecule has 6 heteroatoms. The number of rotatable bonds is 4. The molecule has 19 heavy (non-hydrogen) atoms. The number of anilines is 2. The van der Waals surface area contributed by atoms with Crippen LogP contribution in [0.3, 0.4) is 0 Å². The number of nitrogen functional groups attached to an aromatic ring is 1. The molecule has 0 bridgehead atoms. The highest BCUT2D eigenvalue weighted by molar-refractivity contribution is 5.61. The van der Waals surface area contributed by atoms with E-state index in [1.807, 2.05) is 0 Å². The maximum atomic E-state index is 10.6. The van der Waals surface area contributed by atoms with Gasteiger partial charge in [0.1, 0.15) is 6.33 Å². The van der Waals surface area contributed by atoms with Gasteiger partial charge in [0.15, 0.2) is 11.6 Å². The summed E-state index contributed by atoms with van der Waals surface area (Å²) in [6.45, 7) is 2.62. The van der Waals surface area contributed by atoms with E-state index in [1.54, 1.807) is 0 Å². The van der Waals surface area contributed by atoms with E-state index in [2.05, 4.69) is 22.2 Å². The predicted molar refractivity (Wildman–Crippen MR) is 74.1 cm³/mol. The summed E-state index contributed by atoms with van der Waals surface area (Å²) in [4.78, 5) is 7.98. The molecule has 106 valence electrons. The fourth-order valence-electron chi connectivity index (χ4n) is 2.76. The molecular weight excluding hydrogens is 244 g/mol. The lowest BCUT2D eigenvalue weighted by molar-refractivity contribution is -0.000855. The summed E-state index contributed by atoms with van der Waals surface area (Å²) in [7, 11) is 1.53. The lowest BCUT2D eigenvalue weighted by Gasteiger charge is -2.35. The molecule has 4 N–H and O–H groups in total. The maximum absolute atomic E-state index is 10.6. The first-order valence-corrected chi connectivity index (χ1v) is 6.65. The highest BCUT2D eigenvalue weighted by atomic mass is 16.5. The number of nitrogens with one attached hydrogen (secondary N) is 1. The number of hydrogen-bond acceptors (Lipinski definition) is 6. The van der Waals surface area contributed by atoms with Crippen LogP contribution in [0, 0.1) is 5.92 Å². The van der Waals surface area contributed by atoms with Gasteiger partial charge in [-0.2, -0.15) is 0 Å². The van der Waals surface area contributed by atoms with E-state index in [4.69, 9.17) is 10.5 Å². The van der Waals surface area contributed by atoms with Crippen molar-refractivity contribution in [2.75, 3.05) is 24.7 Å². The summed E-state index contributed by atoms with van der Waals surface area (Å²) in [6, 6.07) is 0. The van der Waals surface area contributed by atoms with E-state index in [-0.39, 0.29) is 0 Å². The van der Waals surface area contributed by atoms with Crippen LogP contribution in [0.25, 0.3) is 0 Å². The first-order valence-electron chi connectivity index (χ1n) is 6.65. The summed E-state index contributed by atoms with van der Waals surface area (Å²) in [6.07, 6.45) is 5.25. The fourth-order valence-corrected chi connectivity index (χ4v) is 2.76. The molecule has 0 amide bonds. The molecule has 0 saturated heterocycles. The van der Waals surface area contributed by atoms with Crippen molar-refractivity contribution in [1.82, 2.24) is 9.97 Å². The van der Waals surface area contributed by atoms with Crippen molar-refractivity contribution in [2.24, 2.45) is 5.92 Å². The molecule has 2 rings (SSSR count). The van der Waals surface area contributed by atoms with Crippen molar-refractivity contribution in [1.29, 1.82) is 0 Å². The van der Waals surface area contributed by atoms with Crippen molar-refractivity contribution in [3.05, 3.63) is 6.33 Å². The molecule has 2 atom stereocenters. The first-order chi connectivity index (χ1) is 9.04. The molecule has 1 aliphatic rings. The number of ether oxygens (including phenoxy) is 1. The Labute approximate surface area is 113 Å². The minimum Gasteiger partial charge on any atom is -0.490 e. The van der Waals surface area contributed by atoms with Crippen molar-refractivity contribution in [3.63, 3.8) is 0 Å². The Hall–Kier alpha value is -1.56. The van der Waals surface area contributed by atoms with E-state index in [1.165, 1.54) is 19.9 Å². The molecule has 1 saturated carbocycles. The molecule has 1 aromatic heterocycles. The van der Waals surface area contributed by atoms with E-state index < -0.39 is 5.60 Å². The minimum atomic E-state index is -0.678. The maximum Gasteiger partial charge on any atom is 0.203 e.